The highest BCUT2D eigenvalue weighted by atomic mass is 19.1. The SMILES string of the molecule is CC1CCC(C(O)c2ccc(F)cc2)CC1C. The van der Waals surface area contributed by atoms with Crippen molar-refractivity contribution in [1.29, 1.82) is 0 Å². The van der Waals surface area contributed by atoms with E-state index in [1.54, 1.807) is 12.1 Å². The van der Waals surface area contributed by atoms with Gasteiger partial charge < -0.3 is 5.11 Å². The van der Waals surface area contributed by atoms with Gasteiger partial charge in [0.15, 0.2) is 0 Å². The van der Waals surface area contributed by atoms with E-state index in [2.05, 4.69) is 13.8 Å². The molecule has 0 bridgehead atoms. The summed E-state index contributed by atoms with van der Waals surface area (Å²) in [5.74, 6) is 1.51. The zero-order valence-electron chi connectivity index (χ0n) is 10.6. The monoisotopic (exact) mass is 236 g/mol. The molecule has 0 aromatic heterocycles. The predicted octanol–water partition coefficient (Wildman–Crippen LogP) is 3.93. The number of hydrogen-bond donors (Lipinski definition) is 1. The summed E-state index contributed by atoms with van der Waals surface area (Å²) in [5.41, 5.74) is 0.846. The third kappa shape index (κ3) is 2.86. The highest BCUT2D eigenvalue weighted by molar-refractivity contribution is 5.19. The third-order valence-electron chi connectivity index (χ3n) is 4.30. The summed E-state index contributed by atoms with van der Waals surface area (Å²) in [4.78, 5) is 0. The van der Waals surface area contributed by atoms with Gasteiger partial charge >= 0.3 is 0 Å². The molecule has 1 saturated carbocycles. The fourth-order valence-electron chi connectivity index (χ4n) is 2.81. The standard InChI is InChI=1S/C15H21FO/c1-10-3-4-13(9-11(10)2)15(17)12-5-7-14(16)8-6-12/h5-8,10-11,13,15,17H,3-4,9H2,1-2H3. The van der Waals surface area contributed by atoms with Crippen LogP contribution in [0.3, 0.4) is 0 Å². The van der Waals surface area contributed by atoms with Crippen LogP contribution in [0.2, 0.25) is 0 Å². The van der Waals surface area contributed by atoms with Crippen LogP contribution in [-0.4, -0.2) is 5.11 Å². The molecule has 0 radical (unpaired) electrons. The van der Waals surface area contributed by atoms with Gasteiger partial charge in [0.25, 0.3) is 0 Å². The summed E-state index contributed by atoms with van der Waals surface area (Å²) in [6.45, 7) is 4.54. The van der Waals surface area contributed by atoms with E-state index in [0.29, 0.717) is 11.8 Å². The van der Waals surface area contributed by atoms with Crippen LogP contribution in [0.15, 0.2) is 24.3 Å². The summed E-state index contributed by atoms with van der Waals surface area (Å²) in [6.07, 6.45) is 2.89. The summed E-state index contributed by atoms with van der Waals surface area (Å²) >= 11 is 0. The van der Waals surface area contributed by atoms with Crippen molar-refractivity contribution in [2.45, 2.75) is 39.2 Å². The van der Waals surface area contributed by atoms with Gasteiger partial charge in [0.2, 0.25) is 0 Å². The van der Waals surface area contributed by atoms with Crippen LogP contribution < -0.4 is 0 Å². The largest absolute Gasteiger partial charge is 0.388 e. The Bertz CT molecular complexity index is 360. The Morgan fingerprint density at radius 2 is 1.76 bits per heavy atom. The number of aliphatic hydroxyl groups excluding tert-OH is 1. The summed E-state index contributed by atoms with van der Waals surface area (Å²) in [6, 6.07) is 6.24. The van der Waals surface area contributed by atoms with Gasteiger partial charge in [0.05, 0.1) is 6.10 Å². The molecular weight excluding hydrogens is 215 g/mol. The Labute approximate surface area is 103 Å². The van der Waals surface area contributed by atoms with Gasteiger partial charge in [-0.2, -0.15) is 0 Å². The molecule has 1 aliphatic carbocycles. The van der Waals surface area contributed by atoms with E-state index in [1.165, 1.54) is 18.6 Å². The normalized spacial score (nSPS) is 31.2. The lowest BCUT2D eigenvalue weighted by Gasteiger charge is -2.34. The van der Waals surface area contributed by atoms with Gasteiger partial charge in [-0.25, -0.2) is 4.39 Å². The van der Waals surface area contributed by atoms with Gasteiger partial charge in [-0.3, -0.25) is 0 Å². The Morgan fingerprint density at radius 3 is 2.35 bits per heavy atom. The highest BCUT2D eigenvalue weighted by Crippen LogP contribution is 2.39. The Kier molecular flexibility index (Phi) is 3.82. The van der Waals surface area contributed by atoms with E-state index < -0.39 is 6.10 Å². The van der Waals surface area contributed by atoms with Crippen LogP contribution in [-0.2, 0) is 0 Å². The van der Waals surface area contributed by atoms with Crippen molar-refractivity contribution in [3.63, 3.8) is 0 Å². The molecule has 1 fully saturated rings. The third-order valence-corrected chi connectivity index (χ3v) is 4.30. The quantitative estimate of drug-likeness (QED) is 0.824. The molecule has 0 saturated heterocycles. The van der Waals surface area contributed by atoms with Crippen LogP contribution in [0.25, 0.3) is 0 Å². The minimum atomic E-state index is -0.439. The number of aliphatic hydroxyl groups is 1. The molecule has 0 spiro atoms. The van der Waals surface area contributed by atoms with Crippen LogP contribution >= 0.6 is 0 Å². The molecule has 4 atom stereocenters. The molecule has 4 unspecified atom stereocenters. The second kappa shape index (κ2) is 5.18. The molecule has 1 nitrogen and oxygen atoms in total. The maximum Gasteiger partial charge on any atom is 0.123 e. The molecule has 1 aromatic rings. The zero-order chi connectivity index (χ0) is 12.4. The van der Waals surface area contributed by atoms with E-state index in [4.69, 9.17) is 0 Å². The number of rotatable bonds is 2. The van der Waals surface area contributed by atoms with Crippen molar-refractivity contribution >= 4 is 0 Å². The van der Waals surface area contributed by atoms with E-state index in [0.717, 1.165) is 24.3 Å². The zero-order valence-corrected chi connectivity index (χ0v) is 10.6. The fraction of sp³-hybridized carbons (Fsp3) is 0.600. The first-order valence-electron chi connectivity index (χ1n) is 6.51. The van der Waals surface area contributed by atoms with Crippen molar-refractivity contribution in [3.05, 3.63) is 35.6 Å². The maximum atomic E-state index is 12.8. The Hall–Kier alpha value is -0.890. The first-order chi connectivity index (χ1) is 8.08. The number of halogens is 1. The minimum Gasteiger partial charge on any atom is -0.388 e. The lowest BCUT2D eigenvalue weighted by molar-refractivity contribution is 0.0560. The molecule has 2 rings (SSSR count). The molecular formula is C15H21FO. The van der Waals surface area contributed by atoms with Crippen molar-refractivity contribution in [1.82, 2.24) is 0 Å². The minimum absolute atomic E-state index is 0.244. The summed E-state index contributed by atoms with van der Waals surface area (Å²) in [5, 5.41) is 10.3. The molecule has 94 valence electrons. The lowest BCUT2D eigenvalue weighted by atomic mass is 9.73. The first-order valence-corrected chi connectivity index (χ1v) is 6.51. The Morgan fingerprint density at radius 1 is 1.12 bits per heavy atom. The van der Waals surface area contributed by atoms with Crippen LogP contribution in [0.5, 0.6) is 0 Å². The van der Waals surface area contributed by atoms with Crippen LogP contribution in [0.1, 0.15) is 44.8 Å². The molecule has 1 N–H and O–H groups in total. The summed E-state index contributed by atoms with van der Waals surface area (Å²) in [7, 11) is 0. The van der Waals surface area contributed by atoms with E-state index >= 15 is 0 Å². The summed E-state index contributed by atoms with van der Waals surface area (Å²) < 4.78 is 12.8. The molecule has 1 aromatic carbocycles. The van der Waals surface area contributed by atoms with E-state index in [9.17, 15) is 9.50 Å². The maximum absolute atomic E-state index is 12.8. The molecule has 2 heteroatoms. The van der Waals surface area contributed by atoms with Crippen molar-refractivity contribution in [2.24, 2.45) is 17.8 Å². The van der Waals surface area contributed by atoms with Gasteiger partial charge in [-0.05, 0) is 48.3 Å². The van der Waals surface area contributed by atoms with Gasteiger partial charge in [-0.1, -0.05) is 32.4 Å². The van der Waals surface area contributed by atoms with Crippen molar-refractivity contribution in [3.8, 4) is 0 Å². The van der Waals surface area contributed by atoms with Crippen LogP contribution in [0, 0.1) is 23.6 Å². The van der Waals surface area contributed by atoms with Crippen molar-refractivity contribution < 1.29 is 9.50 Å². The number of benzene rings is 1. The highest BCUT2D eigenvalue weighted by Gasteiger charge is 2.29. The Balaban J connectivity index is 2.05. The first kappa shape index (κ1) is 12.6. The number of hydrogen-bond acceptors (Lipinski definition) is 1. The molecule has 17 heavy (non-hydrogen) atoms. The van der Waals surface area contributed by atoms with Crippen molar-refractivity contribution in [2.75, 3.05) is 0 Å². The van der Waals surface area contributed by atoms with Crippen LogP contribution in [0.4, 0.5) is 4.39 Å². The molecule has 0 heterocycles. The van der Waals surface area contributed by atoms with Gasteiger partial charge in [0, 0.05) is 0 Å². The smallest absolute Gasteiger partial charge is 0.123 e. The average Bonchev–Trinajstić information content (AvgIpc) is 2.33. The average molecular weight is 236 g/mol. The lowest BCUT2D eigenvalue weighted by Crippen LogP contribution is -2.25. The topological polar surface area (TPSA) is 20.2 Å². The fourth-order valence-corrected chi connectivity index (χ4v) is 2.81. The molecule has 1 aliphatic rings. The second-order valence-electron chi connectivity index (χ2n) is 5.52. The van der Waals surface area contributed by atoms with E-state index in [-0.39, 0.29) is 5.82 Å². The second-order valence-corrected chi connectivity index (χ2v) is 5.52. The van der Waals surface area contributed by atoms with Gasteiger partial charge in [-0.15, -0.1) is 0 Å². The van der Waals surface area contributed by atoms with Gasteiger partial charge in [0.1, 0.15) is 5.82 Å². The molecule has 0 aliphatic heterocycles. The van der Waals surface area contributed by atoms with E-state index in [1.807, 2.05) is 0 Å². The molecule has 0 amide bonds. The predicted molar refractivity (Wildman–Crippen MR) is 67.0 cm³/mol.